The van der Waals surface area contributed by atoms with Crippen LogP contribution in [0.2, 0.25) is 0 Å². The first-order chi connectivity index (χ1) is 7.61. The van der Waals surface area contributed by atoms with E-state index in [-0.39, 0.29) is 0 Å². The Morgan fingerprint density at radius 3 is 2.62 bits per heavy atom. The van der Waals surface area contributed by atoms with E-state index in [1.165, 1.54) is 10.4 Å². The van der Waals surface area contributed by atoms with Gasteiger partial charge in [-0.25, -0.2) is 0 Å². The largest absolute Gasteiger partial charge is 0.339 e. The second-order valence-corrected chi connectivity index (χ2v) is 5.27. The van der Waals surface area contributed by atoms with E-state index in [2.05, 4.69) is 37.0 Å². The summed E-state index contributed by atoms with van der Waals surface area (Å²) in [5.41, 5.74) is 1.41. The van der Waals surface area contributed by atoms with Crippen LogP contribution in [0.4, 0.5) is 0 Å². The molecular weight excluding hydrogens is 220 g/mol. The lowest BCUT2D eigenvalue weighted by Crippen LogP contribution is -1.88. The number of hydrogen-bond donors (Lipinski definition) is 0. The van der Waals surface area contributed by atoms with E-state index in [0.29, 0.717) is 17.6 Å². The summed E-state index contributed by atoms with van der Waals surface area (Å²) in [6, 6.07) is 2.19. The van der Waals surface area contributed by atoms with Crippen LogP contribution in [-0.4, -0.2) is 10.1 Å². The second-order valence-electron chi connectivity index (χ2n) is 4.13. The van der Waals surface area contributed by atoms with Gasteiger partial charge in [0, 0.05) is 11.8 Å². The Morgan fingerprint density at radius 2 is 2.19 bits per heavy atom. The van der Waals surface area contributed by atoms with Gasteiger partial charge in [-0.15, -0.1) is 11.3 Å². The summed E-state index contributed by atoms with van der Waals surface area (Å²) in [6.45, 7) is 8.43. The van der Waals surface area contributed by atoms with Crippen LogP contribution >= 0.6 is 11.3 Å². The van der Waals surface area contributed by atoms with E-state index in [1.807, 2.05) is 6.92 Å². The van der Waals surface area contributed by atoms with Gasteiger partial charge in [-0.3, -0.25) is 0 Å². The van der Waals surface area contributed by atoms with Crippen molar-refractivity contribution in [2.45, 2.75) is 40.0 Å². The second kappa shape index (κ2) is 4.37. The molecule has 4 heteroatoms. The van der Waals surface area contributed by atoms with Crippen LogP contribution < -0.4 is 0 Å². The highest BCUT2D eigenvalue weighted by Crippen LogP contribution is 2.34. The molecule has 0 aromatic carbocycles. The minimum atomic E-state index is 0.549. The van der Waals surface area contributed by atoms with Gasteiger partial charge in [0.1, 0.15) is 0 Å². The van der Waals surface area contributed by atoms with Gasteiger partial charge >= 0.3 is 0 Å². The highest BCUT2D eigenvalue weighted by molar-refractivity contribution is 7.15. The van der Waals surface area contributed by atoms with Crippen LogP contribution in [0.5, 0.6) is 0 Å². The Kier molecular flexibility index (Phi) is 3.10. The van der Waals surface area contributed by atoms with Crippen molar-refractivity contribution >= 4 is 11.3 Å². The van der Waals surface area contributed by atoms with Gasteiger partial charge < -0.3 is 4.52 Å². The van der Waals surface area contributed by atoms with Crippen molar-refractivity contribution in [3.05, 3.63) is 22.4 Å². The van der Waals surface area contributed by atoms with Gasteiger partial charge in [0.25, 0.3) is 0 Å². The summed E-state index contributed by atoms with van der Waals surface area (Å²) in [5, 5.41) is 3.96. The van der Waals surface area contributed by atoms with E-state index in [0.717, 1.165) is 11.3 Å². The van der Waals surface area contributed by atoms with Crippen molar-refractivity contribution < 1.29 is 4.52 Å². The molecule has 0 aliphatic rings. The maximum atomic E-state index is 5.01. The molecule has 0 aliphatic carbocycles. The fourth-order valence-electron chi connectivity index (χ4n) is 1.72. The average molecular weight is 236 g/mol. The summed E-state index contributed by atoms with van der Waals surface area (Å²) < 4.78 is 5.01. The molecule has 0 atom stereocenters. The first-order valence-corrected chi connectivity index (χ1v) is 6.36. The summed E-state index contributed by atoms with van der Waals surface area (Å²) in [5.74, 6) is 1.88. The number of nitrogens with zero attached hydrogens (tertiary/aromatic N) is 2. The monoisotopic (exact) mass is 236 g/mol. The lowest BCUT2D eigenvalue weighted by Gasteiger charge is -2.03. The van der Waals surface area contributed by atoms with Gasteiger partial charge in [-0.1, -0.05) is 25.9 Å². The molecule has 2 rings (SSSR count). The number of aryl methyl sites for hydroxylation is 2. The molecule has 3 nitrogen and oxygen atoms in total. The summed E-state index contributed by atoms with van der Waals surface area (Å²) in [6.07, 6.45) is 1.06. The quantitative estimate of drug-likeness (QED) is 0.813. The van der Waals surface area contributed by atoms with Crippen LogP contribution in [0.3, 0.4) is 0 Å². The van der Waals surface area contributed by atoms with E-state index in [9.17, 15) is 0 Å². The van der Waals surface area contributed by atoms with E-state index < -0.39 is 0 Å². The predicted molar refractivity (Wildman–Crippen MR) is 65.8 cm³/mol. The maximum absolute atomic E-state index is 5.01. The van der Waals surface area contributed by atoms with Crippen molar-refractivity contribution in [3.8, 4) is 10.7 Å². The molecule has 0 fully saturated rings. The average Bonchev–Trinajstić information content (AvgIpc) is 2.82. The molecule has 2 heterocycles. The fourth-order valence-corrected chi connectivity index (χ4v) is 2.90. The highest BCUT2D eigenvalue weighted by Gasteiger charge is 2.14. The molecule has 2 aromatic rings. The molecule has 0 radical (unpaired) electrons. The van der Waals surface area contributed by atoms with Crippen molar-refractivity contribution in [1.29, 1.82) is 0 Å². The van der Waals surface area contributed by atoms with Crippen LogP contribution in [0.1, 0.15) is 43.0 Å². The van der Waals surface area contributed by atoms with Gasteiger partial charge in [0.2, 0.25) is 11.7 Å². The summed E-state index contributed by atoms with van der Waals surface area (Å²) in [7, 11) is 0. The Morgan fingerprint density at radius 1 is 1.44 bits per heavy atom. The fraction of sp³-hybridized carbons (Fsp3) is 0.500. The maximum Gasteiger partial charge on any atom is 0.223 e. The third-order valence-corrected chi connectivity index (χ3v) is 3.82. The topological polar surface area (TPSA) is 38.9 Å². The Labute approximate surface area is 99.5 Å². The molecule has 0 saturated carbocycles. The van der Waals surface area contributed by atoms with Crippen LogP contribution in [-0.2, 0) is 6.42 Å². The molecule has 2 aromatic heterocycles. The lowest BCUT2D eigenvalue weighted by atomic mass is 10.0. The molecule has 0 unspecified atom stereocenters. The van der Waals surface area contributed by atoms with E-state index in [1.54, 1.807) is 11.3 Å². The van der Waals surface area contributed by atoms with Crippen molar-refractivity contribution in [2.24, 2.45) is 0 Å². The number of aromatic nitrogens is 2. The molecular formula is C12H16N2OS. The van der Waals surface area contributed by atoms with Crippen LogP contribution in [0.25, 0.3) is 10.7 Å². The minimum Gasteiger partial charge on any atom is -0.339 e. The lowest BCUT2D eigenvalue weighted by molar-refractivity contribution is 0.394. The summed E-state index contributed by atoms with van der Waals surface area (Å²) in [4.78, 5) is 6.79. The van der Waals surface area contributed by atoms with E-state index >= 15 is 0 Å². The first kappa shape index (κ1) is 11.3. The zero-order valence-corrected chi connectivity index (χ0v) is 10.9. The van der Waals surface area contributed by atoms with Gasteiger partial charge in [0.05, 0.1) is 4.88 Å². The first-order valence-electron chi connectivity index (χ1n) is 5.55. The normalized spacial score (nSPS) is 11.3. The number of thiophene rings is 1. The molecule has 0 N–H and O–H groups in total. The smallest absolute Gasteiger partial charge is 0.223 e. The van der Waals surface area contributed by atoms with Gasteiger partial charge in [-0.05, 0) is 24.0 Å². The number of rotatable bonds is 3. The third-order valence-electron chi connectivity index (χ3n) is 2.53. The molecule has 0 bridgehead atoms. The SMILES string of the molecule is CCc1sc(-c2noc(C)n2)cc1C(C)C. The molecule has 0 spiro atoms. The highest BCUT2D eigenvalue weighted by atomic mass is 32.1. The van der Waals surface area contributed by atoms with E-state index in [4.69, 9.17) is 4.52 Å². The molecule has 0 aliphatic heterocycles. The van der Waals surface area contributed by atoms with Crippen molar-refractivity contribution in [1.82, 2.24) is 10.1 Å². The zero-order valence-electron chi connectivity index (χ0n) is 10.1. The van der Waals surface area contributed by atoms with Gasteiger partial charge in [-0.2, -0.15) is 4.98 Å². The van der Waals surface area contributed by atoms with Gasteiger partial charge in [0.15, 0.2) is 0 Å². The zero-order chi connectivity index (χ0) is 11.7. The molecule has 0 saturated heterocycles. The number of hydrogen-bond acceptors (Lipinski definition) is 4. The van der Waals surface area contributed by atoms with Crippen molar-refractivity contribution in [3.63, 3.8) is 0 Å². The predicted octanol–water partition coefficient (Wildman–Crippen LogP) is 3.79. The Hall–Kier alpha value is -1.16. The Bertz CT molecular complexity index is 485. The molecule has 16 heavy (non-hydrogen) atoms. The van der Waals surface area contributed by atoms with Crippen molar-refractivity contribution in [2.75, 3.05) is 0 Å². The third kappa shape index (κ3) is 2.02. The van der Waals surface area contributed by atoms with Crippen LogP contribution in [0.15, 0.2) is 10.6 Å². The Balaban J connectivity index is 2.43. The molecule has 86 valence electrons. The van der Waals surface area contributed by atoms with Crippen LogP contribution in [0, 0.1) is 6.92 Å². The summed E-state index contributed by atoms with van der Waals surface area (Å²) >= 11 is 1.77. The minimum absolute atomic E-state index is 0.549. The molecule has 0 amide bonds. The standard InChI is InChI=1S/C12H16N2OS/c1-5-10-9(7(2)3)6-11(16-10)12-13-8(4)15-14-12/h6-7H,5H2,1-4H3.